The van der Waals surface area contributed by atoms with Crippen LogP contribution in [-0.2, 0) is 0 Å². The van der Waals surface area contributed by atoms with Crippen LogP contribution in [0, 0.1) is 13.8 Å². The van der Waals surface area contributed by atoms with Crippen molar-refractivity contribution >= 4 is 0 Å². The van der Waals surface area contributed by atoms with E-state index in [1.165, 1.54) is 33.4 Å². The molecule has 0 amide bonds. The third-order valence-corrected chi connectivity index (χ3v) is 4.32. The fourth-order valence-electron chi connectivity index (χ4n) is 2.75. The van der Waals surface area contributed by atoms with E-state index < -0.39 is 0 Å². The van der Waals surface area contributed by atoms with E-state index in [1.807, 2.05) is 12.1 Å². The van der Waals surface area contributed by atoms with Crippen LogP contribution in [0.4, 0.5) is 0 Å². The van der Waals surface area contributed by atoms with Crippen molar-refractivity contribution in [1.82, 2.24) is 0 Å². The molecule has 0 atom stereocenters. The van der Waals surface area contributed by atoms with Gasteiger partial charge in [-0.2, -0.15) is 0 Å². The monoisotopic (exact) mass is 352 g/mol. The summed E-state index contributed by atoms with van der Waals surface area (Å²) in [4.78, 5) is 0. The van der Waals surface area contributed by atoms with Crippen LogP contribution < -0.4 is 0 Å². The molecule has 0 aliphatic carbocycles. The Morgan fingerprint density at radius 2 is 0.593 bits per heavy atom. The van der Waals surface area contributed by atoms with Gasteiger partial charge in [0.2, 0.25) is 0 Å². The molecule has 0 radical (unpaired) electrons. The predicted molar refractivity (Wildman–Crippen MR) is 120 cm³/mol. The van der Waals surface area contributed by atoms with Gasteiger partial charge >= 0.3 is 0 Å². The molecule has 0 N–H and O–H groups in total. The number of rotatable bonds is 2. The number of hydrogen-bond acceptors (Lipinski definition) is 0. The SMILES string of the molecule is C.Cc1ccc(-c2ccccc2)cc1.Cc1ccc(-c2ccccc2)cc1. The van der Waals surface area contributed by atoms with Gasteiger partial charge in [-0.15, -0.1) is 0 Å². The van der Waals surface area contributed by atoms with Crippen LogP contribution in [0.3, 0.4) is 0 Å². The summed E-state index contributed by atoms with van der Waals surface area (Å²) in [7, 11) is 0. The molecule has 4 aromatic rings. The molecule has 0 aromatic heterocycles. The van der Waals surface area contributed by atoms with Crippen LogP contribution >= 0.6 is 0 Å². The van der Waals surface area contributed by atoms with Gasteiger partial charge in [-0.25, -0.2) is 0 Å². The van der Waals surface area contributed by atoms with E-state index in [0.29, 0.717) is 0 Å². The Kier molecular flexibility index (Phi) is 7.58. The molecule has 4 rings (SSSR count). The maximum Gasteiger partial charge on any atom is -0.0184 e. The third-order valence-electron chi connectivity index (χ3n) is 4.32. The van der Waals surface area contributed by atoms with Crippen molar-refractivity contribution in [1.29, 1.82) is 0 Å². The molecule has 0 saturated carbocycles. The molecule has 0 heterocycles. The van der Waals surface area contributed by atoms with Crippen molar-refractivity contribution in [3.8, 4) is 22.3 Å². The highest BCUT2D eigenvalue weighted by Gasteiger charge is 1.94. The van der Waals surface area contributed by atoms with Crippen molar-refractivity contribution in [3.63, 3.8) is 0 Å². The Bertz CT molecular complexity index is 822. The van der Waals surface area contributed by atoms with E-state index in [2.05, 4.69) is 111 Å². The van der Waals surface area contributed by atoms with Gasteiger partial charge < -0.3 is 0 Å². The van der Waals surface area contributed by atoms with Crippen LogP contribution in [0.5, 0.6) is 0 Å². The van der Waals surface area contributed by atoms with Crippen molar-refractivity contribution in [2.45, 2.75) is 21.3 Å². The van der Waals surface area contributed by atoms with Crippen molar-refractivity contribution in [2.24, 2.45) is 0 Å². The second kappa shape index (κ2) is 10.1. The minimum atomic E-state index is 0. The Labute approximate surface area is 164 Å². The summed E-state index contributed by atoms with van der Waals surface area (Å²) in [5.74, 6) is 0. The van der Waals surface area contributed by atoms with Crippen molar-refractivity contribution < 1.29 is 0 Å². The Morgan fingerprint density at radius 1 is 0.333 bits per heavy atom. The van der Waals surface area contributed by atoms with E-state index in [1.54, 1.807) is 0 Å². The first kappa shape index (κ1) is 20.2. The van der Waals surface area contributed by atoms with E-state index in [0.717, 1.165) is 0 Å². The molecule has 136 valence electrons. The lowest BCUT2D eigenvalue weighted by atomic mass is 10.0. The average molecular weight is 353 g/mol. The summed E-state index contributed by atoms with van der Waals surface area (Å²) in [6.45, 7) is 4.21. The third kappa shape index (κ3) is 5.97. The maximum absolute atomic E-state index is 2.16. The van der Waals surface area contributed by atoms with E-state index in [4.69, 9.17) is 0 Å². The molecule has 0 bridgehead atoms. The Morgan fingerprint density at radius 3 is 0.889 bits per heavy atom. The molecule has 0 unspecified atom stereocenters. The maximum atomic E-state index is 2.16. The van der Waals surface area contributed by atoms with Crippen LogP contribution in [0.1, 0.15) is 18.6 Å². The molecule has 27 heavy (non-hydrogen) atoms. The second-order valence-electron chi connectivity index (χ2n) is 6.46. The summed E-state index contributed by atoms with van der Waals surface area (Å²) >= 11 is 0. The van der Waals surface area contributed by atoms with E-state index in [9.17, 15) is 0 Å². The van der Waals surface area contributed by atoms with Gasteiger partial charge in [0.25, 0.3) is 0 Å². The molecule has 0 fully saturated rings. The molecule has 0 saturated heterocycles. The van der Waals surface area contributed by atoms with E-state index in [-0.39, 0.29) is 7.43 Å². The molecular weight excluding hydrogens is 324 g/mol. The van der Waals surface area contributed by atoms with Gasteiger partial charge in [0.05, 0.1) is 0 Å². The van der Waals surface area contributed by atoms with Crippen LogP contribution in [0.25, 0.3) is 22.3 Å². The highest BCUT2D eigenvalue weighted by Crippen LogP contribution is 2.19. The van der Waals surface area contributed by atoms with Crippen LogP contribution in [0.2, 0.25) is 0 Å². The lowest BCUT2D eigenvalue weighted by Crippen LogP contribution is -1.76. The van der Waals surface area contributed by atoms with Crippen molar-refractivity contribution in [3.05, 3.63) is 120 Å². The van der Waals surface area contributed by atoms with Gasteiger partial charge in [0.1, 0.15) is 0 Å². The molecule has 0 aliphatic rings. The first-order chi connectivity index (χ1) is 12.7. The van der Waals surface area contributed by atoms with Gasteiger partial charge in [0.15, 0.2) is 0 Å². The quantitative estimate of drug-likeness (QED) is 0.343. The lowest BCUT2D eigenvalue weighted by molar-refractivity contribution is 1.47. The molecular formula is C27H28. The minimum absolute atomic E-state index is 0. The predicted octanol–water partition coefficient (Wildman–Crippen LogP) is 7.96. The first-order valence-electron chi connectivity index (χ1n) is 8.96. The first-order valence-corrected chi connectivity index (χ1v) is 8.96. The van der Waals surface area contributed by atoms with Gasteiger partial charge in [-0.1, -0.05) is 128 Å². The Balaban J connectivity index is 0.000000187. The largest absolute Gasteiger partial charge is 0.0776 e. The zero-order valence-electron chi connectivity index (χ0n) is 15.4. The lowest BCUT2D eigenvalue weighted by Gasteiger charge is -2.00. The standard InChI is InChI=1S/2C13H12.CH4/c2*1-11-7-9-13(10-8-11)12-5-3-2-4-6-12;/h2*2-10H,1H3;1H4. The van der Waals surface area contributed by atoms with Gasteiger partial charge in [-0.3, -0.25) is 0 Å². The van der Waals surface area contributed by atoms with Crippen LogP contribution in [0.15, 0.2) is 109 Å². The number of hydrogen-bond donors (Lipinski definition) is 0. The molecule has 4 aromatic carbocycles. The smallest absolute Gasteiger partial charge is 0.0184 e. The fourth-order valence-corrected chi connectivity index (χ4v) is 2.75. The highest BCUT2D eigenvalue weighted by atomic mass is 14.0. The highest BCUT2D eigenvalue weighted by molar-refractivity contribution is 5.64. The molecule has 0 nitrogen and oxygen atoms in total. The zero-order valence-corrected chi connectivity index (χ0v) is 15.4. The summed E-state index contributed by atoms with van der Waals surface area (Å²) in [6.07, 6.45) is 0. The second-order valence-corrected chi connectivity index (χ2v) is 6.46. The molecule has 0 spiro atoms. The topological polar surface area (TPSA) is 0 Å². The summed E-state index contributed by atoms with van der Waals surface area (Å²) in [6, 6.07) is 38.1. The van der Waals surface area contributed by atoms with Crippen LogP contribution in [-0.4, -0.2) is 0 Å². The normalized spacial score (nSPS) is 9.56. The average Bonchev–Trinajstić information content (AvgIpc) is 2.71. The van der Waals surface area contributed by atoms with E-state index >= 15 is 0 Å². The van der Waals surface area contributed by atoms with Crippen molar-refractivity contribution in [2.75, 3.05) is 0 Å². The minimum Gasteiger partial charge on any atom is -0.0776 e. The number of benzene rings is 4. The zero-order chi connectivity index (χ0) is 18.2. The Hall–Kier alpha value is -3.12. The summed E-state index contributed by atoms with van der Waals surface area (Å²) in [5.41, 5.74) is 7.74. The number of aryl methyl sites for hydroxylation is 2. The van der Waals surface area contributed by atoms with Gasteiger partial charge in [-0.05, 0) is 36.1 Å². The summed E-state index contributed by atoms with van der Waals surface area (Å²) < 4.78 is 0. The molecule has 0 heteroatoms. The fraction of sp³-hybridized carbons (Fsp3) is 0.111. The molecule has 0 aliphatic heterocycles. The van der Waals surface area contributed by atoms with Gasteiger partial charge in [0, 0.05) is 0 Å². The summed E-state index contributed by atoms with van der Waals surface area (Å²) in [5, 5.41) is 0.